The molecular formula is C25H46F2O3Si2. The number of unbranched alkanes of at least 4 members (excludes halogenated alkanes) is 12. The van der Waals surface area contributed by atoms with Crippen molar-refractivity contribution in [1.82, 2.24) is 0 Å². The third-order valence-electron chi connectivity index (χ3n) is 5.39. The van der Waals surface area contributed by atoms with Crippen LogP contribution in [-0.4, -0.2) is 23.7 Å². The summed E-state index contributed by atoms with van der Waals surface area (Å²) in [6, 6.07) is 3.20. The highest BCUT2D eigenvalue weighted by Gasteiger charge is 2.38. The summed E-state index contributed by atoms with van der Waals surface area (Å²) >= 11 is 0. The van der Waals surface area contributed by atoms with Crippen LogP contribution in [0.15, 0.2) is 18.2 Å². The maximum Gasteiger partial charge on any atom is 0.383 e. The van der Waals surface area contributed by atoms with Gasteiger partial charge in [-0.2, -0.15) is 0 Å². The Hall–Kier alpha value is -0.766. The molecule has 0 saturated heterocycles. The fourth-order valence-corrected chi connectivity index (χ4v) is 10.4. The molecular weight excluding hydrogens is 442 g/mol. The van der Waals surface area contributed by atoms with E-state index in [-0.39, 0.29) is 5.75 Å². The maximum absolute atomic E-state index is 13.4. The number of rotatable bonds is 19. The molecule has 0 radical (unpaired) electrons. The van der Waals surface area contributed by atoms with E-state index in [1.54, 1.807) is 0 Å². The summed E-state index contributed by atoms with van der Waals surface area (Å²) in [7, 11) is -5.00. The predicted octanol–water partition coefficient (Wildman–Crippen LogP) is 8.87. The van der Waals surface area contributed by atoms with Crippen LogP contribution in [0.2, 0.25) is 26.2 Å². The quantitative estimate of drug-likeness (QED) is 0.144. The average Bonchev–Trinajstić information content (AvgIpc) is 2.66. The lowest BCUT2D eigenvalue weighted by atomic mass is 10.0. The van der Waals surface area contributed by atoms with Gasteiger partial charge in [0, 0.05) is 24.8 Å². The van der Waals surface area contributed by atoms with Crippen molar-refractivity contribution in [2.75, 3.05) is 6.61 Å². The van der Waals surface area contributed by atoms with Crippen LogP contribution in [0.25, 0.3) is 0 Å². The zero-order valence-electron chi connectivity index (χ0n) is 21.1. The summed E-state index contributed by atoms with van der Waals surface area (Å²) in [6.07, 6.45) is 17.2. The summed E-state index contributed by atoms with van der Waals surface area (Å²) in [5.74, 6) is -1.14. The summed E-state index contributed by atoms with van der Waals surface area (Å²) in [5, 5.41) is 0. The van der Waals surface area contributed by atoms with E-state index < -0.39 is 28.8 Å². The van der Waals surface area contributed by atoms with Crippen LogP contribution < -0.4 is 4.43 Å². The first-order valence-corrected chi connectivity index (χ1v) is 18.3. The third-order valence-corrected chi connectivity index (χ3v) is 10.9. The van der Waals surface area contributed by atoms with E-state index in [4.69, 9.17) is 13.0 Å². The molecule has 0 fully saturated rings. The van der Waals surface area contributed by atoms with E-state index in [9.17, 15) is 8.78 Å². The molecule has 3 nitrogen and oxygen atoms in total. The zero-order valence-corrected chi connectivity index (χ0v) is 23.1. The topological polar surface area (TPSA) is 27.7 Å². The molecule has 0 amide bonds. The number of hydrogen-bond acceptors (Lipinski definition) is 3. The second-order valence-corrected chi connectivity index (χ2v) is 16.6. The molecule has 1 aromatic rings. The van der Waals surface area contributed by atoms with Crippen molar-refractivity contribution in [2.24, 2.45) is 0 Å². The molecule has 0 bridgehead atoms. The van der Waals surface area contributed by atoms with Gasteiger partial charge in [0.15, 0.2) is 0 Å². The third kappa shape index (κ3) is 15.1. The minimum atomic E-state index is -2.63. The van der Waals surface area contributed by atoms with E-state index >= 15 is 0 Å². The highest BCUT2D eigenvalue weighted by Crippen LogP contribution is 2.23. The molecule has 0 unspecified atom stereocenters. The molecule has 32 heavy (non-hydrogen) atoms. The van der Waals surface area contributed by atoms with Crippen molar-refractivity contribution in [3.8, 4) is 5.75 Å². The van der Waals surface area contributed by atoms with Crippen molar-refractivity contribution in [3.63, 3.8) is 0 Å². The summed E-state index contributed by atoms with van der Waals surface area (Å²) in [6.45, 7) is 10.7. The Balaban J connectivity index is 2.10. The minimum absolute atomic E-state index is 0.167. The average molecular weight is 489 g/mol. The van der Waals surface area contributed by atoms with Gasteiger partial charge in [-0.05, 0) is 32.6 Å². The van der Waals surface area contributed by atoms with E-state index in [0.717, 1.165) is 12.5 Å². The van der Waals surface area contributed by atoms with Gasteiger partial charge in [0.05, 0.1) is 0 Å². The van der Waals surface area contributed by atoms with E-state index in [2.05, 4.69) is 6.92 Å². The lowest BCUT2D eigenvalue weighted by molar-refractivity contribution is 0.224. The Morgan fingerprint density at radius 1 is 0.625 bits per heavy atom. The zero-order chi connectivity index (χ0) is 23.9. The number of hydrogen-bond donors (Lipinski definition) is 0. The van der Waals surface area contributed by atoms with Gasteiger partial charge >= 0.3 is 17.1 Å². The van der Waals surface area contributed by atoms with Gasteiger partial charge in [-0.1, -0.05) is 84.0 Å². The molecule has 1 aromatic carbocycles. The van der Waals surface area contributed by atoms with Gasteiger partial charge in [0.25, 0.3) is 0 Å². The molecule has 1 rings (SSSR count). The highest BCUT2D eigenvalue weighted by molar-refractivity contribution is 6.79. The molecule has 0 N–H and O–H groups in total. The van der Waals surface area contributed by atoms with Crippen LogP contribution in [0, 0.1) is 11.6 Å². The number of benzene rings is 1. The van der Waals surface area contributed by atoms with Gasteiger partial charge in [-0.3, -0.25) is 0 Å². The lowest BCUT2D eigenvalue weighted by Gasteiger charge is -2.32. The van der Waals surface area contributed by atoms with Crippen LogP contribution in [0.5, 0.6) is 5.75 Å². The predicted molar refractivity (Wildman–Crippen MR) is 135 cm³/mol. The Kier molecular flexibility index (Phi) is 14.6. The van der Waals surface area contributed by atoms with E-state index in [1.165, 1.54) is 89.2 Å². The van der Waals surface area contributed by atoms with E-state index in [1.807, 2.05) is 26.2 Å². The van der Waals surface area contributed by atoms with Gasteiger partial charge in [0.2, 0.25) is 0 Å². The Morgan fingerprint density at radius 2 is 1.06 bits per heavy atom. The molecule has 0 aliphatic rings. The second kappa shape index (κ2) is 16.0. The van der Waals surface area contributed by atoms with Crippen molar-refractivity contribution in [3.05, 3.63) is 29.8 Å². The SMILES string of the molecule is CCCCCCCCCCCCCCCO[Si](C)(C)O[Si](C)(C)Oc1cc(F)cc(F)c1. The fraction of sp³-hybridized carbons (Fsp3) is 0.760. The molecule has 0 saturated carbocycles. The maximum atomic E-state index is 13.4. The van der Waals surface area contributed by atoms with Crippen molar-refractivity contribution in [1.29, 1.82) is 0 Å². The summed E-state index contributed by atoms with van der Waals surface area (Å²) < 4.78 is 44.9. The monoisotopic (exact) mass is 488 g/mol. The standard InChI is InChI=1S/C25H46F2O3Si2/c1-6-7-8-9-10-11-12-13-14-15-16-17-18-19-28-31(2,3)30-32(4,5)29-25-21-23(26)20-24(27)22-25/h20-22H,6-19H2,1-5H3. The second-order valence-electron chi connectivity index (χ2n) is 9.70. The smallest absolute Gasteiger partial charge is 0.383 e. The van der Waals surface area contributed by atoms with Crippen LogP contribution in [-0.2, 0) is 8.54 Å². The summed E-state index contributed by atoms with van der Waals surface area (Å²) in [4.78, 5) is 0. The van der Waals surface area contributed by atoms with Gasteiger partial charge in [-0.25, -0.2) is 8.78 Å². The lowest BCUT2D eigenvalue weighted by Crippen LogP contribution is -2.50. The van der Waals surface area contributed by atoms with Gasteiger partial charge in [0.1, 0.15) is 17.4 Å². The van der Waals surface area contributed by atoms with Crippen molar-refractivity contribution < 1.29 is 21.7 Å². The summed E-state index contributed by atoms with van der Waals surface area (Å²) in [5.41, 5.74) is 0. The van der Waals surface area contributed by atoms with Crippen LogP contribution in [0.4, 0.5) is 8.78 Å². The first-order chi connectivity index (χ1) is 15.1. The Morgan fingerprint density at radius 3 is 1.53 bits per heavy atom. The highest BCUT2D eigenvalue weighted by atomic mass is 28.5. The van der Waals surface area contributed by atoms with E-state index in [0.29, 0.717) is 6.61 Å². The van der Waals surface area contributed by atoms with Crippen molar-refractivity contribution in [2.45, 2.75) is 117 Å². The molecule has 7 heteroatoms. The molecule has 186 valence electrons. The van der Waals surface area contributed by atoms with Gasteiger partial charge < -0.3 is 13.0 Å². The first kappa shape index (κ1) is 29.3. The molecule has 0 atom stereocenters. The molecule has 0 heterocycles. The van der Waals surface area contributed by atoms with Gasteiger partial charge in [-0.15, -0.1) is 0 Å². The van der Waals surface area contributed by atoms with Crippen LogP contribution >= 0.6 is 0 Å². The molecule has 0 aliphatic heterocycles. The van der Waals surface area contributed by atoms with Crippen molar-refractivity contribution >= 4 is 17.1 Å². The Bertz CT molecular complexity index is 607. The molecule has 0 spiro atoms. The normalized spacial score (nSPS) is 12.3. The largest absolute Gasteiger partial charge is 0.521 e. The molecule has 0 aromatic heterocycles. The Labute approximate surface area is 197 Å². The first-order valence-electron chi connectivity index (χ1n) is 12.6. The fourth-order valence-electron chi connectivity index (χ4n) is 3.95. The number of halogens is 2. The molecule has 0 aliphatic carbocycles. The van der Waals surface area contributed by atoms with Crippen LogP contribution in [0.1, 0.15) is 90.4 Å². The van der Waals surface area contributed by atoms with Crippen LogP contribution in [0.3, 0.4) is 0 Å². The minimum Gasteiger partial charge on any atom is -0.521 e.